The molecule has 1 aromatic heterocycles. The van der Waals surface area contributed by atoms with E-state index in [4.69, 9.17) is 10.3 Å². The Morgan fingerprint density at radius 1 is 0.765 bits per heavy atom. The third-order valence-corrected chi connectivity index (χ3v) is 8.74. The van der Waals surface area contributed by atoms with Crippen LogP contribution in [0.1, 0.15) is 134 Å². The Morgan fingerprint density at radius 3 is 1.82 bits per heavy atom. The molecule has 190 valence electrons. The van der Waals surface area contributed by atoms with Gasteiger partial charge in [0.05, 0.1) is 11.2 Å². The van der Waals surface area contributed by atoms with Gasteiger partial charge >= 0.3 is 0 Å². The number of allylic oxidation sites excluding steroid dienone is 4. The lowest BCUT2D eigenvalue weighted by Crippen LogP contribution is -2.28. The first kappa shape index (κ1) is 25.7. The van der Waals surface area contributed by atoms with Crippen molar-refractivity contribution in [2.45, 2.75) is 128 Å². The average Bonchev–Trinajstić information content (AvgIpc) is 3.08. The molecule has 0 fully saturated rings. The van der Waals surface area contributed by atoms with Gasteiger partial charge in [-0.1, -0.05) is 92.5 Å². The van der Waals surface area contributed by atoms with Crippen LogP contribution in [-0.4, -0.2) is 15.0 Å². The molecule has 0 saturated carbocycles. The van der Waals surface area contributed by atoms with Crippen LogP contribution < -0.4 is 0 Å². The average molecular weight is 466 g/mol. The zero-order chi connectivity index (χ0) is 25.9. The van der Waals surface area contributed by atoms with Crippen LogP contribution in [0, 0.1) is 33.0 Å². The summed E-state index contributed by atoms with van der Waals surface area (Å²) in [4.78, 5) is 0. The molecule has 1 heterocycles. The summed E-state index contributed by atoms with van der Waals surface area (Å²) >= 11 is 0. The fraction of sp³-hybridized carbons (Fsp3) is 0.806. The van der Waals surface area contributed by atoms with Crippen molar-refractivity contribution in [3.63, 3.8) is 0 Å². The zero-order valence-electron chi connectivity index (χ0n) is 24.7. The molecule has 1 unspecified atom stereocenters. The second-order valence-electron chi connectivity index (χ2n) is 16.6. The van der Waals surface area contributed by atoms with Crippen LogP contribution >= 0.6 is 0 Å². The molecule has 0 N–H and O–H groups in total. The van der Waals surface area contributed by atoms with E-state index in [1.165, 1.54) is 36.2 Å². The Kier molecular flexibility index (Phi) is 5.37. The van der Waals surface area contributed by atoms with E-state index in [0.717, 1.165) is 6.42 Å². The third kappa shape index (κ3) is 3.94. The number of aromatic nitrogens is 3. The van der Waals surface area contributed by atoms with E-state index in [9.17, 15) is 0 Å². The molecule has 1 atom stereocenters. The first-order valence-electron chi connectivity index (χ1n) is 13.5. The Bertz CT molecular complexity index is 1070. The van der Waals surface area contributed by atoms with Gasteiger partial charge in [0, 0.05) is 0 Å². The fourth-order valence-corrected chi connectivity index (χ4v) is 8.49. The van der Waals surface area contributed by atoms with E-state index in [0.29, 0.717) is 5.92 Å². The van der Waals surface area contributed by atoms with Gasteiger partial charge in [0.1, 0.15) is 5.69 Å². The topological polar surface area (TPSA) is 30.7 Å². The van der Waals surface area contributed by atoms with Crippen LogP contribution in [0.25, 0.3) is 11.1 Å². The van der Waals surface area contributed by atoms with Crippen LogP contribution in [0.15, 0.2) is 11.1 Å². The Balaban J connectivity index is 2.17. The largest absolute Gasteiger partial charge is 0.239 e. The molecule has 3 heteroatoms. The smallest absolute Gasteiger partial charge is 0.117 e. The van der Waals surface area contributed by atoms with Crippen LogP contribution in [0.4, 0.5) is 0 Å². The molecular formula is C31H51N3. The Labute approximate surface area is 209 Å². The van der Waals surface area contributed by atoms with E-state index in [2.05, 4.69) is 102 Å². The normalized spacial score (nSPS) is 27.3. The number of rotatable bonds is 1. The fourth-order valence-electron chi connectivity index (χ4n) is 8.49. The summed E-state index contributed by atoms with van der Waals surface area (Å²) in [6.45, 7) is 33.8. The van der Waals surface area contributed by atoms with Crippen LogP contribution in [0.3, 0.4) is 0 Å². The molecule has 1 aromatic rings. The maximum absolute atomic E-state index is 5.05. The predicted molar refractivity (Wildman–Crippen MR) is 145 cm³/mol. The molecule has 4 rings (SSSR count). The molecular weight excluding hydrogens is 414 g/mol. The van der Waals surface area contributed by atoms with Crippen molar-refractivity contribution in [2.75, 3.05) is 0 Å². The van der Waals surface area contributed by atoms with Gasteiger partial charge < -0.3 is 0 Å². The minimum Gasteiger partial charge on any atom is -0.239 e. The van der Waals surface area contributed by atoms with Gasteiger partial charge in [-0.3, -0.25) is 0 Å². The lowest BCUT2D eigenvalue weighted by atomic mass is 9.67. The van der Waals surface area contributed by atoms with Gasteiger partial charge in [-0.05, 0) is 90.6 Å². The highest BCUT2D eigenvalue weighted by molar-refractivity contribution is 5.87. The van der Waals surface area contributed by atoms with E-state index in [1.807, 2.05) is 0 Å². The Hall–Kier alpha value is -1.38. The molecule has 3 nitrogen and oxygen atoms in total. The van der Waals surface area contributed by atoms with Crippen molar-refractivity contribution in [2.24, 2.45) is 33.0 Å². The number of nitrogens with zero attached hydrogens (tertiary/aromatic N) is 3. The van der Waals surface area contributed by atoms with Gasteiger partial charge in [0.15, 0.2) is 0 Å². The molecule has 0 bridgehead atoms. The Morgan fingerprint density at radius 2 is 1.29 bits per heavy atom. The van der Waals surface area contributed by atoms with Gasteiger partial charge in [-0.15, -0.1) is 5.10 Å². The molecule has 0 radical (unpaired) electrons. The first-order valence-corrected chi connectivity index (χ1v) is 13.5. The van der Waals surface area contributed by atoms with E-state index in [1.54, 1.807) is 16.7 Å². The molecule has 0 saturated heterocycles. The van der Waals surface area contributed by atoms with Crippen molar-refractivity contribution in [1.29, 1.82) is 0 Å². The SMILES string of the molecule is CC(C)(C)CC1CC2=C(c3c(nnn3C(C)(C)C)C3=C1C(C)(C)CC3(C)C)C(C)(C)CC2(C)C. The zero-order valence-corrected chi connectivity index (χ0v) is 24.7. The molecule has 0 amide bonds. The number of fused-ring (bicyclic) bond motifs is 3. The summed E-state index contributed by atoms with van der Waals surface area (Å²) in [5, 5.41) is 9.95. The van der Waals surface area contributed by atoms with E-state index < -0.39 is 0 Å². The van der Waals surface area contributed by atoms with Gasteiger partial charge in [-0.2, -0.15) is 0 Å². The van der Waals surface area contributed by atoms with Crippen molar-refractivity contribution in [1.82, 2.24) is 15.0 Å². The highest BCUT2D eigenvalue weighted by Gasteiger charge is 2.54. The quantitative estimate of drug-likeness (QED) is 0.414. The minimum absolute atomic E-state index is 0.0821. The lowest BCUT2D eigenvalue weighted by Gasteiger charge is -2.38. The summed E-state index contributed by atoms with van der Waals surface area (Å²) in [7, 11) is 0. The number of hydrogen-bond donors (Lipinski definition) is 0. The highest BCUT2D eigenvalue weighted by Crippen LogP contribution is 2.66. The van der Waals surface area contributed by atoms with Gasteiger partial charge in [0.25, 0.3) is 0 Å². The summed E-state index contributed by atoms with van der Waals surface area (Å²) in [6.07, 6.45) is 4.72. The monoisotopic (exact) mass is 465 g/mol. The maximum Gasteiger partial charge on any atom is 0.117 e. The van der Waals surface area contributed by atoms with Crippen molar-refractivity contribution in [3.05, 3.63) is 22.5 Å². The second-order valence-corrected chi connectivity index (χ2v) is 16.6. The van der Waals surface area contributed by atoms with Crippen molar-refractivity contribution >= 4 is 11.1 Å². The van der Waals surface area contributed by atoms with Gasteiger partial charge in [-0.25, -0.2) is 4.68 Å². The maximum atomic E-state index is 5.05. The minimum atomic E-state index is -0.121. The van der Waals surface area contributed by atoms with Crippen LogP contribution in [-0.2, 0) is 5.54 Å². The molecule has 3 aliphatic carbocycles. The standard InChI is InChI=1S/C31H51N3/c1-26(2,3)16-19-15-20-22(30(11,12)17-28(20,7)8)25-24(32-33-34(25)27(4,5)6)23-21(19)29(9,10)18-31(23,13)14/h19H,15-18H2,1-14H3. The molecule has 3 aliphatic rings. The molecule has 0 aromatic carbocycles. The van der Waals surface area contributed by atoms with E-state index in [-0.39, 0.29) is 32.6 Å². The van der Waals surface area contributed by atoms with Crippen LogP contribution in [0.5, 0.6) is 0 Å². The van der Waals surface area contributed by atoms with Crippen molar-refractivity contribution in [3.8, 4) is 0 Å². The van der Waals surface area contributed by atoms with Crippen LogP contribution in [0.2, 0.25) is 0 Å². The van der Waals surface area contributed by atoms with Gasteiger partial charge in [0.2, 0.25) is 0 Å². The van der Waals surface area contributed by atoms with Crippen molar-refractivity contribution < 1.29 is 0 Å². The summed E-state index contributed by atoms with van der Waals surface area (Å²) in [5.41, 5.74) is 9.53. The lowest BCUT2D eigenvalue weighted by molar-refractivity contribution is 0.256. The third-order valence-electron chi connectivity index (χ3n) is 8.74. The molecule has 0 spiro atoms. The first-order chi connectivity index (χ1) is 15.1. The summed E-state index contributed by atoms with van der Waals surface area (Å²) in [5.74, 6) is 0.540. The molecule has 0 aliphatic heterocycles. The number of hydrogen-bond acceptors (Lipinski definition) is 2. The predicted octanol–water partition coefficient (Wildman–Crippen LogP) is 8.91. The second kappa shape index (κ2) is 7.10. The summed E-state index contributed by atoms with van der Waals surface area (Å²) in [6, 6.07) is 0. The highest BCUT2D eigenvalue weighted by atomic mass is 15.5. The van der Waals surface area contributed by atoms with E-state index >= 15 is 0 Å². The molecule has 34 heavy (non-hydrogen) atoms. The summed E-state index contributed by atoms with van der Waals surface area (Å²) < 4.78 is 2.26.